The maximum Gasteiger partial charge on any atom is 0.221 e. The third-order valence-electron chi connectivity index (χ3n) is 3.54. The molecule has 1 unspecified atom stereocenters. The average Bonchev–Trinajstić information content (AvgIpc) is 2.55. The van der Waals surface area contributed by atoms with Crippen LogP contribution in [-0.2, 0) is 4.79 Å². The summed E-state index contributed by atoms with van der Waals surface area (Å²) in [6.45, 7) is 5.87. The minimum Gasteiger partial charge on any atom is -0.491 e. The zero-order valence-electron chi connectivity index (χ0n) is 14.2. The number of benzene rings is 2. The Bertz CT molecular complexity index is 686. The van der Waals surface area contributed by atoms with Gasteiger partial charge in [0.25, 0.3) is 0 Å². The van der Waals surface area contributed by atoms with Crippen LogP contribution < -0.4 is 10.1 Å². The highest BCUT2D eigenvalue weighted by atomic mass is 32.2. The lowest BCUT2D eigenvalue weighted by molar-refractivity contribution is -0.114. The van der Waals surface area contributed by atoms with Crippen LogP contribution in [0, 0.1) is 13.8 Å². The number of aliphatic hydroxyl groups is 1. The number of ether oxygens (including phenoxy) is 1. The first-order valence-corrected chi connectivity index (χ1v) is 8.81. The van der Waals surface area contributed by atoms with E-state index in [1.54, 1.807) is 36.0 Å². The summed E-state index contributed by atoms with van der Waals surface area (Å²) in [5.41, 5.74) is 3.25. The van der Waals surface area contributed by atoms with Crippen LogP contribution in [-0.4, -0.2) is 29.5 Å². The maximum atomic E-state index is 11.0. The van der Waals surface area contributed by atoms with Crippen LogP contribution in [0.5, 0.6) is 5.75 Å². The van der Waals surface area contributed by atoms with Gasteiger partial charge in [-0.15, -0.1) is 11.8 Å². The second kappa shape index (κ2) is 8.76. The Morgan fingerprint density at radius 2 is 1.88 bits per heavy atom. The van der Waals surface area contributed by atoms with Gasteiger partial charge in [0.2, 0.25) is 5.91 Å². The molecular weight excluding hydrogens is 322 g/mol. The lowest BCUT2D eigenvalue weighted by Gasteiger charge is -2.13. The summed E-state index contributed by atoms with van der Waals surface area (Å²) in [5, 5.41) is 12.8. The van der Waals surface area contributed by atoms with E-state index in [0.717, 1.165) is 10.6 Å². The number of carbonyl (C=O) groups is 1. The van der Waals surface area contributed by atoms with Gasteiger partial charge in [-0.2, -0.15) is 0 Å². The van der Waals surface area contributed by atoms with Gasteiger partial charge < -0.3 is 15.2 Å². The molecule has 128 valence electrons. The summed E-state index contributed by atoms with van der Waals surface area (Å²) in [4.78, 5) is 12.1. The van der Waals surface area contributed by atoms with Gasteiger partial charge >= 0.3 is 0 Å². The third kappa shape index (κ3) is 5.91. The minimum atomic E-state index is -0.549. The van der Waals surface area contributed by atoms with Gasteiger partial charge in [-0.25, -0.2) is 0 Å². The molecule has 0 aromatic heterocycles. The second-order valence-electron chi connectivity index (χ2n) is 5.73. The van der Waals surface area contributed by atoms with Crippen molar-refractivity contribution in [2.45, 2.75) is 31.8 Å². The van der Waals surface area contributed by atoms with Gasteiger partial charge in [0.15, 0.2) is 0 Å². The van der Waals surface area contributed by atoms with Crippen molar-refractivity contribution in [1.29, 1.82) is 0 Å². The van der Waals surface area contributed by atoms with Crippen molar-refractivity contribution in [2.75, 3.05) is 17.7 Å². The number of aryl methyl sites for hydroxylation is 2. The molecular formula is C19H23NO3S. The van der Waals surface area contributed by atoms with Crippen LogP contribution in [0.25, 0.3) is 0 Å². The fraction of sp³-hybridized carbons (Fsp3) is 0.316. The molecule has 0 saturated carbocycles. The molecule has 5 heteroatoms. The molecule has 0 aliphatic heterocycles. The van der Waals surface area contributed by atoms with Crippen molar-refractivity contribution in [3.05, 3.63) is 53.6 Å². The Balaban J connectivity index is 1.77. The predicted molar refractivity (Wildman–Crippen MR) is 98.9 cm³/mol. The highest BCUT2D eigenvalue weighted by Crippen LogP contribution is 2.22. The third-order valence-corrected chi connectivity index (χ3v) is 4.68. The van der Waals surface area contributed by atoms with E-state index in [9.17, 15) is 9.90 Å². The van der Waals surface area contributed by atoms with E-state index in [0.29, 0.717) is 11.5 Å². The highest BCUT2D eigenvalue weighted by molar-refractivity contribution is 7.99. The van der Waals surface area contributed by atoms with Gasteiger partial charge in [0.05, 0.1) is 6.10 Å². The van der Waals surface area contributed by atoms with Crippen molar-refractivity contribution in [3.63, 3.8) is 0 Å². The zero-order chi connectivity index (χ0) is 17.5. The Morgan fingerprint density at radius 1 is 1.17 bits per heavy atom. The molecule has 2 aromatic rings. The summed E-state index contributed by atoms with van der Waals surface area (Å²) in [7, 11) is 0. The van der Waals surface area contributed by atoms with E-state index in [-0.39, 0.29) is 12.5 Å². The first-order valence-electron chi connectivity index (χ1n) is 7.82. The topological polar surface area (TPSA) is 58.6 Å². The van der Waals surface area contributed by atoms with Crippen LogP contribution in [0.1, 0.15) is 18.1 Å². The molecule has 2 aromatic carbocycles. The number of thioether (sulfide) groups is 1. The number of anilines is 1. The van der Waals surface area contributed by atoms with Crippen molar-refractivity contribution < 1.29 is 14.6 Å². The number of aliphatic hydroxyl groups excluding tert-OH is 1. The van der Waals surface area contributed by atoms with Gasteiger partial charge in [-0.1, -0.05) is 6.07 Å². The summed E-state index contributed by atoms with van der Waals surface area (Å²) < 4.78 is 5.58. The fourth-order valence-electron chi connectivity index (χ4n) is 2.07. The molecule has 0 spiro atoms. The first kappa shape index (κ1) is 18.4. The van der Waals surface area contributed by atoms with Crippen LogP contribution in [0.2, 0.25) is 0 Å². The van der Waals surface area contributed by atoms with E-state index >= 15 is 0 Å². The molecule has 1 amide bonds. The van der Waals surface area contributed by atoms with Crippen molar-refractivity contribution in [2.24, 2.45) is 0 Å². The fourth-order valence-corrected chi connectivity index (χ4v) is 2.98. The van der Waals surface area contributed by atoms with Crippen molar-refractivity contribution >= 4 is 23.4 Å². The van der Waals surface area contributed by atoms with E-state index in [2.05, 4.69) is 37.4 Å². The molecule has 0 heterocycles. The number of rotatable bonds is 7. The van der Waals surface area contributed by atoms with Crippen LogP contribution in [0.3, 0.4) is 0 Å². The van der Waals surface area contributed by atoms with Crippen LogP contribution >= 0.6 is 11.8 Å². The van der Waals surface area contributed by atoms with Crippen molar-refractivity contribution in [1.82, 2.24) is 0 Å². The van der Waals surface area contributed by atoms with Gasteiger partial charge in [0.1, 0.15) is 12.4 Å². The Kier molecular flexibility index (Phi) is 6.70. The quantitative estimate of drug-likeness (QED) is 0.750. The summed E-state index contributed by atoms with van der Waals surface area (Å²) in [6, 6.07) is 13.4. The van der Waals surface area contributed by atoms with Gasteiger partial charge in [0, 0.05) is 23.3 Å². The average molecular weight is 345 g/mol. The molecule has 1 atom stereocenters. The van der Waals surface area contributed by atoms with Gasteiger partial charge in [-0.05, 0) is 61.4 Å². The van der Waals surface area contributed by atoms with E-state index < -0.39 is 6.10 Å². The number of nitrogens with one attached hydrogen (secondary N) is 1. The Morgan fingerprint density at radius 3 is 2.50 bits per heavy atom. The number of carbonyl (C=O) groups excluding carboxylic acids is 1. The Hall–Kier alpha value is -1.98. The highest BCUT2D eigenvalue weighted by Gasteiger charge is 2.07. The predicted octanol–water partition coefficient (Wildman–Crippen LogP) is 3.79. The molecule has 2 rings (SSSR count). The largest absolute Gasteiger partial charge is 0.491 e. The van der Waals surface area contributed by atoms with E-state index in [4.69, 9.17) is 4.74 Å². The lowest BCUT2D eigenvalue weighted by Crippen LogP contribution is -2.20. The standard InChI is InChI=1S/C19H23NO3S/c1-13-4-9-19(10-14(13)2)24-12-17(22)11-23-18-7-5-16(6-8-18)20-15(3)21/h4-10,17,22H,11-12H2,1-3H3,(H,20,21). The summed E-state index contributed by atoms with van der Waals surface area (Å²) in [5.74, 6) is 1.13. The second-order valence-corrected chi connectivity index (χ2v) is 6.82. The summed E-state index contributed by atoms with van der Waals surface area (Å²) >= 11 is 1.62. The maximum absolute atomic E-state index is 11.0. The zero-order valence-corrected chi connectivity index (χ0v) is 15.0. The van der Waals surface area contributed by atoms with E-state index in [1.807, 2.05) is 0 Å². The van der Waals surface area contributed by atoms with Crippen molar-refractivity contribution in [3.8, 4) is 5.75 Å². The molecule has 0 fully saturated rings. The lowest BCUT2D eigenvalue weighted by atomic mass is 10.1. The molecule has 0 bridgehead atoms. The smallest absolute Gasteiger partial charge is 0.221 e. The molecule has 4 nitrogen and oxygen atoms in total. The molecule has 0 aliphatic rings. The molecule has 2 N–H and O–H groups in total. The number of amides is 1. The molecule has 24 heavy (non-hydrogen) atoms. The first-order chi connectivity index (χ1) is 11.4. The molecule has 0 radical (unpaired) electrons. The van der Waals surface area contributed by atoms with Gasteiger partial charge in [-0.3, -0.25) is 4.79 Å². The van der Waals surface area contributed by atoms with Crippen LogP contribution in [0.15, 0.2) is 47.4 Å². The Labute approximate surface area is 147 Å². The SMILES string of the molecule is CC(=O)Nc1ccc(OCC(O)CSc2ccc(C)c(C)c2)cc1. The molecule has 0 aliphatic carbocycles. The van der Waals surface area contributed by atoms with E-state index in [1.165, 1.54) is 18.1 Å². The molecule has 0 saturated heterocycles. The van der Waals surface area contributed by atoms with Crippen LogP contribution in [0.4, 0.5) is 5.69 Å². The minimum absolute atomic E-state index is 0.109. The normalized spacial score (nSPS) is 11.8. The monoisotopic (exact) mass is 345 g/mol. The number of hydrogen-bond acceptors (Lipinski definition) is 4. The summed E-state index contributed by atoms with van der Waals surface area (Å²) in [6.07, 6.45) is -0.549. The number of hydrogen-bond donors (Lipinski definition) is 2.